The molecule has 5 heteroatoms. The van der Waals surface area contributed by atoms with Crippen LogP contribution in [0.5, 0.6) is 0 Å². The summed E-state index contributed by atoms with van der Waals surface area (Å²) in [4.78, 5) is 12.2. The molecule has 4 nitrogen and oxygen atoms in total. The van der Waals surface area contributed by atoms with Gasteiger partial charge >= 0.3 is 7.12 Å². The number of hydrogen-bond donors (Lipinski definition) is 1. The molecule has 2 aromatic rings. The Hall–Kier alpha value is -2.42. The van der Waals surface area contributed by atoms with Crippen LogP contribution in [0.15, 0.2) is 42.5 Å². The first kappa shape index (κ1) is 13.6. The van der Waals surface area contributed by atoms with E-state index in [1.165, 1.54) is 0 Å². The van der Waals surface area contributed by atoms with Crippen molar-refractivity contribution in [2.45, 2.75) is 13.0 Å². The second-order valence-corrected chi connectivity index (χ2v) is 4.99. The van der Waals surface area contributed by atoms with Gasteiger partial charge in [0, 0.05) is 12.0 Å². The molecule has 0 atom stereocenters. The summed E-state index contributed by atoms with van der Waals surface area (Å²) in [6.45, 7) is 0.403. The maximum absolute atomic E-state index is 12.2. The van der Waals surface area contributed by atoms with E-state index >= 15 is 0 Å². The molecule has 2 aromatic carbocycles. The molecule has 1 N–H and O–H groups in total. The molecule has 21 heavy (non-hydrogen) atoms. The zero-order valence-electron chi connectivity index (χ0n) is 11.2. The van der Waals surface area contributed by atoms with Crippen molar-refractivity contribution in [3.63, 3.8) is 0 Å². The lowest BCUT2D eigenvalue weighted by molar-refractivity contribution is 0.0993. The molecule has 3 rings (SSSR count). The summed E-state index contributed by atoms with van der Waals surface area (Å²) in [5.41, 5.74) is 3.64. The first-order chi connectivity index (χ1) is 10.2. The Morgan fingerprint density at radius 3 is 2.76 bits per heavy atom. The molecule has 0 radical (unpaired) electrons. The van der Waals surface area contributed by atoms with Crippen molar-refractivity contribution >= 4 is 18.4 Å². The van der Waals surface area contributed by atoms with Gasteiger partial charge < -0.3 is 9.68 Å². The van der Waals surface area contributed by atoms with Crippen molar-refractivity contribution in [1.82, 2.24) is 0 Å². The highest BCUT2D eigenvalue weighted by Crippen LogP contribution is 2.14. The summed E-state index contributed by atoms with van der Waals surface area (Å²) >= 11 is 0. The van der Waals surface area contributed by atoms with Gasteiger partial charge in [0.2, 0.25) is 0 Å². The molecule has 0 saturated carbocycles. The minimum absolute atomic E-state index is 0.0205. The average molecular weight is 277 g/mol. The number of rotatable bonds is 3. The quantitative estimate of drug-likeness (QED) is 0.676. The number of nitrogens with zero attached hydrogens (tertiary/aromatic N) is 1. The molecule has 0 spiro atoms. The maximum atomic E-state index is 12.2. The molecular weight excluding hydrogens is 265 g/mol. The molecule has 0 fully saturated rings. The third-order valence-corrected chi connectivity index (χ3v) is 3.57. The van der Waals surface area contributed by atoms with Crippen LogP contribution >= 0.6 is 0 Å². The normalized spacial score (nSPS) is 12.9. The van der Waals surface area contributed by atoms with E-state index in [9.17, 15) is 9.82 Å². The molecule has 0 saturated heterocycles. The van der Waals surface area contributed by atoms with Crippen molar-refractivity contribution < 1.29 is 14.5 Å². The Kier molecular flexibility index (Phi) is 3.57. The average Bonchev–Trinajstić information content (AvgIpc) is 2.88. The number of benzene rings is 2. The predicted molar refractivity (Wildman–Crippen MR) is 78.0 cm³/mol. The van der Waals surface area contributed by atoms with Gasteiger partial charge in [0.05, 0.1) is 18.2 Å². The zero-order valence-corrected chi connectivity index (χ0v) is 11.2. The zero-order chi connectivity index (χ0) is 14.8. The van der Waals surface area contributed by atoms with Gasteiger partial charge in [0.1, 0.15) is 0 Å². The van der Waals surface area contributed by atoms with Gasteiger partial charge in [-0.15, -0.1) is 0 Å². The number of carbonyl (C=O) groups is 1. The number of Topliss-reactive ketones (excluding diaryl/α,β-unsaturated/α-hetero) is 1. The lowest BCUT2D eigenvalue weighted by atomic mass is 9.78. The van der Waals surface area contributed by atoms with Crippen LogP contribution in [0.4, 0.5) is 0 Å². The van der Waals surface area contributed by atoms with Crippen LogP contribution in [-0.4, -0.2) is 17.9 Å². The Bertz CT molecular complexity index is 734. The van der Waals surface area contributed by atoms with Crippen LogP contribution in [0, 0.1) is 11.3 Å². The van der Waals surface area contributed by atoms with Crippen LogP contribution < -0.4 is 5.46 Å². The molecule has 0 amide bonds. The minimum atomic E-state index is -0.898. The molecule has 0 aliphatic carbocycles. The van der Waals surface area contributed by atoms with Crippen LogP contribution in [0.3, 0.4) is 0 Å². The van der Waals surface area contributed by atoms with Crippen LogP contribution in [-0.2, 0) is 17.7 Å². The second-order valence-electron chi connectivity index (χ2n) is 4.99. The third kappa shape index (κ3) is 2.73. The van der Waals surface area contributed by atoms with Crippen molar-refractivity contribution in [3.8, 4) is 6.07 Å². The first-order valence-electron chi connectivity index (χ1n) is 6.62. The van der Waals surface area contributed by atoms with E-state index in [1.807, 2.05) is 24.3 Å². The predicted octanol–water partition coefficient (Wildman–Crippen LogP) is 1.20. The van der Waals surface area contributed by atoms with Crippen molar-refractivity contribution in [3.05, 3.63) is 64.7 Å². The number of carbonyl (C=O) groups excluding carboxylic acids is 1. The van der Waals surface area contributed by atoms with Gasteiger partial charge in [-0.1, -0.05) is 30.3 Å². The summed E-state index contributed by atoms with van der Waals surface area (Å²) in [7, 11) is -0.898. The smallest absolute Gasteiger partial charge is 0.423 e. The summed E-state index contributed by atoms with van der Waals surface area (Å²) in [6.07, 6.45) is 0.256. The summed E-state index contributed by atoms with van der Waals surface area (Å²) in [5, 5.41) is 18.4. The molecule has 1 heterocycles. The lowest BCUT2D eigenvalue weighted by Crippen LogP contribution is -2.28. The molecular formula is C16H12BNO3. The van der Waals surface area contributed by atoms with Crippen molar-refractivity contribution in [2.24, 2.45) is 0 Å². The largest absolute Gasteiger partial charge is 0.491 e. The standard InChI is InChI=1S/C16H12BNO3/c18-9-11-1-4-13(5-2-11)16(19)8-12-3-6-14-10-21-17(20)15(14)7-12/h1-7,20H,8,10H2. The summed E-state index contributed by atoms with van der Waals surface area (Å²) in [6, 6.07) is 14.2. The van der Waals surface area contributed by atoms with Gasteiger partial charge in [-0.05, 0) is 28.7 Å². The molecule has 0 bridgehead atoms. The topological polar surface area (TPSA) is 70.3 Å². The van der Waals surface area contributed by atoms with E-state index in [4.69, 9.17) is 9.92 Å². The van der Waals surface area contributed by atoms with E-state index in [2.05, 4.69) is 0 Å². The highest BCUT2D eigenvalue weighted by molar-refractivity contribution is 6.61. The number of ketones is 1. The summed E-state index contributed by atoms with van der Waals surface area (Å²) < 4.78 is 5.13. The van der Waals surface area contributed by atoms with E-state index in [1.54, 1.807) is 24.3 Å². The highest BCUT2D eigenvalue weighted by atomic mass is 16.5. The van der Waals surface area contributed by atoms with Gasteiger partial charge in [0.15, 0.2) is 5.78 Å². The van der Waals surface area contributed by atoms with Gasteiger partial charge in [0.25, 0.3) is 0 Å². The molecule has 0 aromatic heterocycles. The Morgan fingerprint density at radius 2 is 2.05 bits per heavy atom. The first-order valence-corrected chi connectivity index (χ1v) is 6.62. The van der Waals surface area contributed by atoms with Gasteiger partial charge in [-0.3, -0.25) is 4.79 Å². The Labute approximate surface area is 122 Å². The molecule has 1 aliphatic heterocycles. The third-order valence-electron chi connectivity index (χ3n) is 3.57. The number of hydrogen-bond acceptors (Lipinski definition) is 4. The lowest BCUT2D eigenvalue weighted by Gasteiger charge is -2.05. The van der Waals surface area contributed by atoms with Gasteiger partial charge in [-0.2, -0.15) is 5.26 Å². The number of nitriles is 1. The van der Waals surface area contributed by atoms with Crippen molar-refractivity contribution in [2.75, 3.05) is 0 Å². The SMILES string of the molecule is N#Cc1ccc(C(=O)Cc2ccc3c(c2)B(O)OC3)cc1. The monoisotopic (exact) mass is 277 g/mol. The number of fused-ring (bicyclic) bond motifs is 1. The summed E-state index contributed by atoms with van der Waals surface area (Å²) in [5.74, 6) is -0.0205. The minimum Gasteiger partial charge on any atom is -0.423 e. The van der Waals surface area contributed by atoms with E-state index in [0.717, 1.165) is 16.6 Å². The van der Waals surface area contributed by atoms with E-state index in [-0.39, 0.29) is 12.2 Å². The van der Waals surface area contributed by atoms with E-state index < -0.39 is 7.12 Å². The Balaban J connectivity index is 1.78. The fourth-order valence-electron chi connectivity index (χ4n) is 2.39. The van der Waals surface area contributed by atoms with Crippen LogP contribution in [0.1, 0.15) is 27.0 Å². The maximum Gasteiger partial charge on any atom is 0.491 e. The fraction of sp³-hybridized carbons (Fsp3) is 0.125. The Morgan fingerprint density at radius 1 is 1.29 bits per heavy atom. The van der Waals surface area contributed by atoms with Crippen LogP contribution in [0.2, 0.25) is 0 Å². The van der Waals surface area contributed by atoms with Crippen LogP contribution in [0.25, 0.3) is 0 Å². The fourth-order valence-corrected chi connectivity index (χ4v) is 2.39. The molecule has 1 aliphatic rings. The second kappa shape index (κ2) is 5.53. The highest BCUT2D eigenvalue weighted by Gasteiger charge is 2.27. The van der Waals surface area contributed by atoms with Crippen molar-refractivity contribution in [1.29, 1.82) is 5.26 Å². The molecule has 0 unspecified atom stereocenters. The van der Waals surface area contributed by atoms with E-state index in [0.29, 0.717) is 17.7 Å². The molecule has 102 valence electrons. The van der Waals surface area contributed by atoms with Gasteiger partial charge in [-0.25, -0.2) is 0 Å².